The summed E-state index contributed by atoms with van der Waals surface area (Å²) in [7, 11) is 0. The first-order valence-corrected chi connectivity index (χ1v) is 12.2. The number of amides is 3. The van der Waals surface area contributed by atoms with Gasteiger partial charge in [0.2, 0.25) is 11.8 Å². The van der Waals surface area contributed by atoms with Crippen molar-refractivity contribution in [3.8, 4) is 0 Å². The second-order valence-electron chi connectivity index (χ2n) is 10.5. The third kappa shape index (κ3) is 12.9. The molecule has 1 aromatic carbocycles. The Hall–Kier alpha value is -3.89. The Kier molecular flexibility index (Phi) is 12.0. The molecule has 0 aliphatic carbocycles. The molecule has 3 N–H and O–H groups in total. The topological polar surface area (TPSA) is 149 Å². The zero-order chi connectivity index (χ0) is 29.1. The van der Waals surface area contributed by atoms with Crippen molar-refractivity contribution < 1.29 is 38.2 Å². The summed E-state index contributed by atoms with van der Waals surface area (Å²) in [5.41, 5.74) is -0.832. The molecule has 0 heterocycles. The molecule has 11 nitrogen and oxygen atoms in total. The minimum Gasteiger partial charge on any atom is -0.460 e. The molecule has 0 spiro atoms. The number of hydrogen-bond donors (Lipinski definition) is 3. The average Bonchev–Trinajstić information content (AvgIpc) is 2.78. The molecule has 0 unspecified atom stereocenters. The van der Waals surface area contributed by atoms with Gasteiger partial charge in [0.1, 0.15) is 35.9 Å². The molecule has 11 heteroatoms. The highest BCUT2D eigenvalue weighted by molar-refractivity contribution is 5.93. The first kappa shape index (κ1) is 32.1. The Morgan fingerprint density at radius 2 is 1.39 bits per heavy atom. The van der Waals surface area contributed by atoms with Crippen LogP contribution in [0.15, 0.2) is 43.0 Å². The maximum atomic E-state index is 13.2. The predicted octanol–water partition coefficient (Wildman–Crippen LogP) is 2.18. The van der Waals surface area contributed by atoms with Gasteiger partial charge in [0, 0.05) is 12.5 Å². The molecule has 0 saturated heterocycles. The lowest BCUT2D eigenvalue weighted by atomic mass is 10.0. The SMILES string of the molecule is C=CC(=O)OC[C@H](NC(=O)[C@H](C)NC(=O)OC(C)(C)C)C(=O)N[C@@H](Cc1ccccc1)C(=O)OC(C)(C)C. The fourth-order valence-electron chi connectivity index (χ4n) is 2.94. The number of hydrogen-bond acceptors (Lipinski definition) is 8. The van der Waals surface area contributed by atoms with Crippen molar-refractivity contribution in [2.45, 2.75) is 84.2 Å². The van der Waals surface area contributed by atoms with Crippen molar-refractivity contribution in [1.82, 2.24) is 16.0 Å². The third-order valence-corrected chi connectivity index (χ3v) is 4.61. The van der Waals surface area contributed by atoms with Gasteiger partial charge in [-0.1, -0.05) is 36.9 Å². The van der Waals surface area contributed by atoms with Crippen LogP contribution >= 0.6 is 0 Å². The van der Waals surface area contributed by atoms with E-state index in [1.807, 2.05) is 6.07 Å². The molecule has 38 heavy (non-hydrogen) atoms. The number of rotatable bonds is 11. The summed E-state index contributed by atoms with van der Waals surface area (Å²) in [4.78, 5) is 62.6. The number of benzene rings is 1. The van der Waals surface area contributed by atoms with E-state index in [1.54, 1.807) is 65.8 Å². The largest absolute Gasteiger partial charge is 0.460 e. The van der Waals surface area contributed by atoms with Crippen LogP contribution in [0, 0.1) is 0 Å². The molecule has 0 bridgehead atoms. The van der Waals surface area contributed by atoms with Gasteiger partial charge in [0.15, 0.2) is 0 Å². The summed E-state index contributed by atoms with van der Waals surface area (Å²) < 4.78 is 15.6. The summed E-state index contributed by atoms with van der Waals surface area (Å²) in [6.07, 6.45) is 0.195. The van der Waals surface area contributed by atoms with E-state index in [9.17, 15) is 24.0 Å². The predicted molar refractivity (Wildman–Crippen MR) is 140 cm³/mol. The summed E-state index contributed by atoms with van der Waals surface area (Å²) in [6.45, 7) is 14.2. The van der Waals surface area contributed by atoms with Crippen molar-refractivity contribution in [1.29, 1.82) is 0 Å². The first-order valence-electron chi connectivity index (χ1n) is 12.2. The Morgan fingerprint density at radius 1 is 0.842 bits per heavy atom. The number of ether oxygens (including phenoxy) is 3. The van der Waals surface area contributed by atoms with Crippen molar-refractivity contribution in [3.05, 3.63) is 48.6 Å². The van der Waals surface area contributed by atoms with Gasteiger partial charge in [0.05, 0.1) is 0 Å². The van der Waals surface area contributed by atoms with E-state index in [0.29, 0.717) is 0 Å². The van der Waals surface area contributed by atoms with E-state index in [0.717, 1.165) is 11.6 Å². The van der Waals surface area contributed by atoms with Gasteiger partial charge >= 0.3 is 18.0 Å². The molecule has 0 aliphatic rings. The zero-order valence-corrected chi connectivity index (χ0v) is 23.1. The van der Waals surface area contributed by atoms with Crippen LogP contribution in [-0.4, -0.2) is 65.8 Å². The second-order valence-corrected chi connectivity index (χ2v) is 10.5. The maximum absolute atomic E-state index is 13.2. The van der Waals surface area contributed by atoms with Crippen molar-refractivity contribution in [2.75, 3.05) is 6.61 Å². The van der Waals surface area contributed by atoms with Crippen LogP contribution in [0.5, 0.6) is 0 Å². The number of esters is 2. The third-order valence-electron chi connectivity index (χ3n) is 4.61. The Labute approximate surface area is 223 Å². The van der Waals surface area contributed by atoms with Crippen LogP contribution in [-0.2, 0) is 39.8 Å². The number of carbonyl (C=O) groups excluding carboxylic acids is 5. The number of nitrogens with one attached hydrogen (secondary N) is 3. The second kappa shape index (κ2) is 14.2. The minimum atomic E-state index is -1.39. The molecule has 3 amide bonds. The first-order chi connectivity index (χ1) is 17.5. The van der Waals surface area contributed by atoms with Gasteiger partial charge in [-0.15, -0.1) is 0 Å². The van der Waals surface area contributed by atoms with Gasteiger partial charge in [0.25, 0.3) is 0 Å². The van der Waals surface area contributed by atoms with E-state index in [1.165, 1.54) is 6.92 Å². The molecule has 210 valence electrons. The minimum absolute atomic E-state index is 0.116. The Balaban J connectivity index is 3.07. The quantitative estimate of drug-likeness (QED) is 0.223. The lowest BCUT2D eigenvalue weighted by Crippen LogP contribution is -2.57. The zero-order valence-electron chi connectivity index (χ0n) is 23.1. The van der Waals surface area contributed by atoms with Gasteiger partial charge in [-0.3, -0.25) is 9.59 Å². The Bertz CT molecular complexity index is 996. The monoisotopic (exact) mass is 533 g/mol. The van der Waals surface area contributed by atoms with E-state index in [2.05, 4.69) is 22.5 Å². The molecule has 0 aromatic heterocycles. The van der Waals surface area contributed by atoms with Crippen molar-refractivity contribution in [3.63, 3.8) is 0 Å². The summed E-state index contributed by atoms with van der Waals surface area (Å²) in [5, 5.41) is 7.40. The lowest BCUT2D eigenvalue weighted by molar-refractivity contribution is -0.159. The summed E-state index contributed by atoms with van der Waals surface area (Å²) in [5.74, 6) is -3.04. The van der Waals surface area contributed by atoms with Crippen LogP contribution in [0.25, 0.3) is 0 Å². The highest BCUT2D eigenvalue weighted by Crippen LogP contribution is 2.12. The van der Waals surface area contributed by atoms with Gasteiger partial charge in [-0.2, -0.15) is 0 Å². The molecular weight excluding hydrogens is 494 g/mol. The van der Waals surface area contributed by atoms with Crippen molar-refractivity contribution in [2.24, 2.45) is 0 Å². The van der Waals surface area contributed by atoms with Gasteiger partial charge < -0.3 is 30.2 Å². The standard InChI is InChI=1S/C27H39N3O8/c1-9-21(31)36-16-20(30-22(32)17(2)28-25(35)38-27(6,7)8)23(33)29-19(24(34)37-26(3,4)5)15-18-13-11-10-12-14-18/h9-14,17,19-20H,1,15-16H2,2-8H3,(H,28,35)(H,29,33)(H,30,32)/t17-,19-,20-/m0/s1. The lowest BCUT2D eigenvalue weighted by Gasteiger charge is -2.27. The van der Waals surface area contributed by atoms with Crippen LogP contribution in [0.3, 0.4) is 0 Å². The molecule has 0 fully saturated rings. The normalized spacial score (nSPS) is 13.7. The van der Waals surface area contributed by atoms with E-state index >= 15 is 0 Å². The highest BCUT2D eigenvalue weighted by Gasteiger charge is 2.32. The molecule has 3 atom stereocenters. The average molecular weight is 534 g/mol. The van der Waals surface area contributed by atoms with Gasteiger partial charge in [-0.25, -0.2) is 14.4 Å². The highest BCUT2D eigenvalue weighted by atomic mass is 16.6. The fourth-order valence-corrected chi connectivity index (χ4v) is 2.94. The van der Waals surface area contributed by atoms with Crippen LogP contribution < -0.4 is 16.0 Å². The van der Waals surface area contributed by atoms with Crippen LogP contribution in [0.4, 0.5) is 4.79 Å². The van der Waals surface area contributed by atoms with Gasteiger partial charge in [-0.05, 0) is 54.0 Å². The summed E-state index contributed by atoms with van der Waals surface area (Å²) in [6, 6.07) is 5.39. The molecule has 0 radical (unpaired) electrons. The number of carbonyl (C=O) groups is 5. The van der Waals surface area contributed by atoms with Crippen molar-refractivity contribution >= 4 is 29.8 Å². The van der Waals surface area contributed by atoms with E-state index in [-0.39, 0.29) is 6.42 Å². The summed E-state index contributed by atoms with van der Waals surface area (Å²) >= 11 is 0. The molecule has 0 saturated carbocycles. The molecule has 0 aliphatic heterocycles. The molecular formula is C27H39N3O8. The van der Waals surface area contributed by atoms with Crippen LogP contribution in [0.2, 0.25) is 0 Å². The van der Waals surface area contributed by atoms with E-state index in [4.69, 9.17) is 14.2 Å². The van der Waals surface area contributed by atoms with Crippen LogP contribution in [0.1, 0.15) is 54.0 Å². The maximum Gasteiger partial charge on any atom is 0.408 e. The Morgan fingerprint density at radius 3 is 1.92 bits per heavy atom. The van der Waals surface area contributed by atoms with E-state index < -0.39 is 65.8 Å². The molecule has 1 aromatic rings. The smallest absolute Gasteiger partial charge is 0.408 e. The molecule has 1 rings (SSSR count). The fraction of sp³-hybridized carbons (Fsp3) is 0.519. The number of alkyl carbamates (subject to hydrolysis) is 1.